The number of benzene rings is 1. The van der Waals surface area contributed by atoms with E-state index in [2.05, 4.69) is 9.88 Å². The van der Waals surface area contributed by atoms with Crippen molar-refractivity contribution in [2.45, 2.75) is 19.8 Å². The first-order chi connectivity index (χ1) is 12.0. The second-order valence-corrected chi connectivity index (χ2v) is 6.67. The van der Waals surface area contributed by atoms with Gasteiger partial charge in [0.2, 0.25) is 0 Å². The Balaban J connectivity index is 2.11. The lowest BCUT2D eigenvalue weighted by Gasteiger charge is -2.14. The van der Waals surface area contributed by atoms with Crippen molar-refractivity contribution in [2.24, 2.45) is 0 Å². The van der Waals surface area contributed by atoms with E-state index < -0.39 is 5.97 Å². The van der Waals surface area contributed by atoms with Crippen LogP contribution in [-0.4, -0.2) is 54.8 Å². The third-order valence-corrected chi connectivity index (χ3v) is 4.32. The van der Waals surface area contributed by atoms with Crippen LogP contribution in [0.2, 0.25) is 0 Å². The fourth-order valence-electron chi connectivity index (χ4n) is 2.27. The molecule has 0 aliphatic carbocycles. The minimum Gasteiger partial charge on any atom is -0.490 e. The van der Waals surface area contributed by atoms with Gasteiger partial charge in [-0.1, -0.05) is 0 Å². The second-order valence-electron chi connectivity index (χ2n) is 5.81. The molecule has 0 aliphatic rings. The molecule has 1 N–H and O–H groups in total. The predicted octanol–water partition coefficient (Wildman–Crippen LogP) is 3.17. The van der Waals surface area contributed by atoms with Crippen LogP contribution in [0.3, 0.4) is 0 Å². The molecular formula is C18H24N2O4S. The smallest absolute Gasteiger partial charge is 0.309 e. The highest BCUT2D eigenvalue weighted by Crippen LogP contribution is 2.34. The summed E-state index contributed by atoms with van der Waals surface area (Å²) in [5.74, 6) is 0.514. The molecule has 7 heteroatoms. The van der Waals surface area contributed by atoms with Crippen molar-refractivity contribution in [3.05, 3.63) is 29.3 Å². The molecule has 0 bridgehead atoms. The summed E-state index contributed by atoms with van der Waals surface area (Å²) in [6.07, 6.45) is 0.868. The van der Waals surface area contributed by atoms with Crippen LogP contribution in [0.4, 0.5) is 0 Å². The maximum absolute atomic E-state index is 10.8. The molecule has 1 aromatic carbocycles. The number of ether oxygens (including phenoxy) is 2. The van der Waals surface area contributed by atoms with Gasteiger partial charge in [0.05, 0.1) is 25.3 Å². The first kappa shape index (κ1) is 19.2. The van der Waals surface area contributed by atoms with Crippen LogP contribution < -0.4 is 9.47 Å². The Bertz CT molecular complexity index is 700. The van der Waals surface area contributed by atoms with Crippen molar-refractivity contribution < 1.29 is 19.4 Å². The van der Waals surface area contributed by atoms with Crippen molar-refractivity contribution >= 4 is 17.3 Å². The fourth-order valence-corrected chi connectivity index (χ4v) is 3.08. The molecule has 2 rings (SSSR count). The zero-order chi connectivity index (χ0) is 18.2. The largest absolute Gasteiger partial charge is 0.490 e. The van der Waals surface area contributed by atoms with E-state index in [0.717, 1.165) is 23.5 Å². The van der Waals surface area contributed by atoms with Gasteiger partial charge in [-0.05, 0) is 45.6 Å². The Labute approximate surface area is 152 Å². The van der Waals surface area contributed by atoms with Crippen LogP contribution in [0.25, 0.3) is 10.6 Å². The highest BCUT2D eigenvalue weighted by molar-refractivity contribution is 7.13. The zero-order valence-corrected chi connectivity index (χ0v) is 15.6. The summed E-state index contributed by atoms with van der Waals surface area (Å²) >= 11 is 1.43. The van der Waals surface area contributed by atoms with Gasteiger partial charge in [0.1, 0.15) is 5.01 Å². The maximum Gasteiger partial charge on any atom is 0.309 e. The molecular weight excluding hydrogens is 340 g/mol. The van der Waals surface area contributed by atoms with Crippen molar-refractivity contribution in [1.29, 1.82) is 0 Å². The van der Waals surface area contributed by atoms with Gasteiger partial charge in [0.15, 0.2) is 11.5 Å². The maximum atomic E-state index is 10.8. The summed E-state index contributed by atoms with van der Waals surface area (Å²) in [4.78, 5) is 17.3. The van der Waals surface area contributed by atoms with E-state index in [0.29, 0.717) is 30.4 Å². The van der Waals surface area contributed by atoms with Crippen LogP contribution in [0.1, 0.15) is 19.0 Å². The van der Waals surface area contributed by atoms with Crippen molar-refractivity contribution in [1.82, 2.24) is 9.88 Å². The van der Waals surface area contributed by atoms with Crippen LogP contribution >= 0.6 is 11.3 Å². The number of aliphatic carboxylic acids is 1. The lowest BCUT2D eigenvalue weighted by Crippen LogP contribution is -2.15. The second kappa shape index (κ2) is 9.39. The molecule has 6 nitrogen and oxygen atoms in total. The van der Waals surface area contributed by atoms with E-state index in [4.69, 9.17) is 14.6 Å². The van der Waals surface area contributed by atoms with Gasteiger partial charge >= 0.3 is 5.97 Å². The van der Waals surface area contributed by atoms with E-state index >= 15 is 0 Å². The zero-order valence-electron chi connectivity index (χ0n) is 14.8. The number of thiazole rings is 1. The van der Waals surface area contributed by atoms with E-state index in [1.54, 1.807) is 5.38 Å². The molecule has 2 aromatic rings. The fraction of sp³-hybridized carbons (Fsp3) is 0.444. The summed E-state index contributed by atoms with van der Waals surface area (Å²) in [7, 11) is 4.07. The number of hydrogen-bond donors (Lipinski definition) is 1. The van der Waals surface area contributed by atoms with E-state index in [1.165, 1.54) is 11.3 Å². The monoisotopic (exact) mass is 364 g/mol. The van der Waals surface area contributed by atoms with Gasteiger partial charge < -0.3 is 19.5 Å². The predicted molar refractivity (Wildman–Crippen MR) is 98.7 cm³/mol. The van der Waals surface area contributed by atoms with Gasteiger partial charge in [-0.15, -0.1) is 11.3 Å². The number of carbonyl (C=O) groups is 1. The number of carboxylic acids is 1. The van der Waals surface area contributed by atoms with Crippen molar-refractivity contribution in [3.63, 3.8) is 0 Å². The summed E-state index contributed by atoms with van der Waals surface area (Å²) in [5.41, 5.74) is 1.46. The molecule has 1 aromatic heterocycles. The van der Waals surface area contributed by atoms with Crippen molar-refractivity contribution in [2.75, 3.05) is 33.9 Å². The highest BCUT2D eigenvalue weighted by atomic mass is 32.1. The molecule has 1 heterocycles. The van der Waals surface area contributed by atoms with Gasteiger partial charge in [-0.2, -0.15) is 0 Å². The first-order valence-electron chi connectivity index (χ1n) is 8.20. The van der Waals surface area contributed by atoms with Gasteiger partial charge in [0.25, 0.3) is 0 Å². The molecule has 0 saturated carbocycles. The Morgan fingerprint density at radius 3 is 2.76 bits per heavy atom. The number of nitrogens with zero attached hydrogens (tertiary/aromatic N) is 2. The van der Waals surface area contributed by atoms with E-state index in [1.807, 2.05) is 39.2 Å². The SMILES string of the molecule is CCOc1cc(-c2nc(CC(=O)O)cs2)ccc1OCCCN(C)C. The Kier molecular flexibility index (Phi) is 7.21. The van der Waals surface area contributed by atoms with Crippen LogP contribution in [-0.2, 0) is 11.2 Å². The first-order valence-corrected chi connectivity index (χ1v) is 9.08. The lowest BCUT2D eigenvalue weighted by atomic mass is 10.2. The van der Waals surface area contributed by atoms with Gasteiger partial charge in [-0.3, -0.25) is 4.79 Å². The topological polar surface area (TPSA) is 71.9 Å². The highest BCUT2D eigenvalue weighted by Gasteiger charge is 2.12. The molecule has 0 radical (unpaired) electrons. The number of rotatable bonds is 10. The lowest BCUT2D eigenvalue weighted by molar-refractivity contribution is -0.136. The summed E-state index contributed by atoms with van der Waals surface area (Å²) in [5, 5.41) is 11.4. The standard InChI is InChI=1S/C18H24N2O4S/c1-4-23-16-10-13(18-19-14(12-25-18)11-17(21)22)6-7-15(16)24-9-5-8-20(2)3/h6-7,10,12H,4-5,8-9,11H2,1-3H3,(H,21,22). The molecule has 0 saturated heterocycles. The van der Waals surface area contributed by atoms with Gasteiger partial charge in [0, 0.05) is 17.5 Å². The third-order valence-electron chi connectivity index (χ3n) is 3.38. The van der Waals surface area contributed by atoms with Crippen LogP contribution in [0.15, 0.2) is 23.6 Å². The van der Waals surface area contributed by atoms with Crippen LogP contribution in [0, 0.1) is 0 Å². The van der Waals surface area contributed by atoms with E-state index in [9.17, 15) is 4.79 Å². The molecule has 0 amide bonds. The Hall–Kier alpha value is -2.12. The normalized spacial score (nSPS) is 10.9. The minimum absolute atomic E-state index is 0.0676. The number of aromatic nitrogens is 1. The molecule has 0 atom stereocenters. The number of carboxylic acid groups (broad SMARTS) is 1. The quantitative estimate of drug-likeness (QED) is 0.653. The third kappa shape index (κ3) is 6.03. The Morgan fingerprint density at radius 2 is 2.08 bits per heavy atom. The molecule has 0 unspecified atom stereocenters. The van der Waals surface area contributed by atoms with Gasteiger partial charge in [-0.25, -0.2) is 4.98 Å². The molecule has 25 heavy (non-hydrogen) atoms. The number of hydrogen-bond acceptors (Lipinski definition) is 6. The summed E-state index contributed by atoms with van der Waals surface area (Å²) < 4.78 is 11.5. The minimum atomic E-state index is -0.881. The average molecular weight is 364 g/mol. The summed E-state index contributed by atoms with van der Waals surface area (Å²) in [6.45, 7) is 4.06. The molecule has 0 aliphatic heterocycles. The summed E-state index contributed by atoms with van der Waals surface area (Å²) in [6, 6.07) is 5.70. The Morgan fingerprint density at radius 1 is 1.28 bits per heavy atom. The molecule has 0 spiro atoms. The van der Waals surface area contributed by atoms with Crippen LogP contribution in [0.5, 0.6) is 11.5 Å². The molecule has 136 valence electrons. The molecule has 0 fully saturated rings. The average Bonchev–Trinajstić information content (AvgIpc) is 3.00. The van der Waals surface area contributed by atoms with Crippen molar-refractivity contribution in [3.8, 4) is 22.1 Å². The van der Waals surface area contributed by atoms with E-state index in [-0.39, 0.29) is 6.42 Å².